The quantitative estimate of drug-likeness (QED) is 0.580. The summed E-state index contributed by atoms with van der Waals surface area (Å²) in [5.41, 5.74) is 5.39. The van der Waals surface area contributed by atoms with Crippen molar-refractivity contribution in [3.05, 3.63) is 29.6 Å². The van der Waals surface area contributed by atoms with Crippen molar-refractivity contribution in [1.82, 2.24) is 0 Å². The van der Waals surface area contributed by atoms with Crippen LogP contribution in [-0.4, -0.2) is 17.7 Å². The highest BCUT2D eigenvalue weighted by Crippen LogP contribution is 2.19. The number of nitrogens with two attached hydrogens (primary N) is 1. The lowest BCUT2D eigenvalue weighted by Crippen LogP contribution is -2.15. The Morgan fingerprint density at radius 3 is 2.87 bits per heavy atom. The fourth-order valence-corrected chi connectivity index (χ4v) is 1.09. The van der Waals surface area contributed by atoms with Crippen LogP contribution in [0.1, 0.15) is 18.6 Å². The number of anilines is 1. The topological polar surface area (TPSA) is 72.5 Å². The molecule has 1 aromatic carbocycles. The zero-order valence-corrected chi connectivity index (χ0v) is 8.24. The van der Waals surface area contributed by atoms with Crippen molar-refractivity contribution in [2.45, 2.75) is 13.0 Å². The highest BCUT2D eigenvalue weighted by molar-refractivity contribution is 5.76. The van der Waals surface area contributed by atoms with Gasteiger partial charge in [-0.1, -0.05) is 6.07 Å². The van der Waals surface area contributed by atoms with Crippen LogP contribution in [0.2, 0.25) is 0 Å². The minimum atomic E-state index is -1.42. The summed E-state index contributed by atoms with van der Waals surface area (Å²) in [7, 11) is 0. The van der Waals surface area contributed by atoms with Crippen LogP contribution in [0.15, 0.2) is 18.2 Å². The molecule has 0 aliphatic rings. The molecule has 82 valence electrons. The zero-order chi connectivity index (χ0) is 11.4. The van der Waals surface area contributed by atoms with Crippen molar-refractivity contribution in [2.75, 3.05) is 12.3 Å². The number of halogens is 1. The van der Waals surface area contributed by atoms with Gasteiger partial charge in [-0.05, 0) is 24.6 Å². The molecule has 3 N–H and O–H groups in total. The number of nitrogen functional groups attached to an aromatic ring is 1. The van der Waals surface area contributed by atoms with E-state index >= 15 is 0 Å². The molecular formula is C10H12FNO3. The van der Waals surface area contributed by atoms with E-state index in [4.69, 9.17) is 5.73 Å². The Labute approximate surface area is 86.5 Å². The second-order valence-electron chi connectivity index (χ2n) is 2.94. The van der Waals surface area contributed by atoms with Crippen LogP contribution >= 0.6 is 0 Å². The van der Waals surface area contributed by atoms with Gasteiger partial charge >= 0.3 is 5.97 Å². The summed E-state index contributed by atoms with van der Waals surface area (Å²) in [6.45, 7) is 1.80. The van der Waals surface area contributed by atoms with E-state index in [1.165, 1.54) is 12.1 Å². The third-order valence-electron chi connectivity index (χ3n) is 1.85. The first kappa shape index (κ1) is 11.5. The number of hydrogen-bond acceptors (Lipinski definition) is 4. The molecule has 1 atom stereocenters. The number of aliphatic hydroxyl groups is 1. The number of rotatable bonds is 3. The van der Waals surface area contributed by atoms with Gasteiger partial charge in [-0.2, -0.15) is 0 Å². The van der Waals surface area contributed by atoms with Gasteiger partial charge in [-0.25, -0.2) is 9.18 Å². The summed E-state index contributed by atoms with van der Waals surface area (Å²) >= 11 is 0. The van der Waals surface area contributed by atoms with Crippen molar-refractivity contribution in [1.29, 1.82) is 0 Å². The molecule has 0 heterocycles. The van der Waals surface area contributed by atoms with Gasteiger partial charge < -0.3 is 15.6 Å². The van der Waals surface area contributed by atoms with E-state index in [0.29, 0.717) is 0 Å². The molecule has 0 aliphatic heterocycles. The fourth-order valence-electron chi connectivity index (χ4n) is 1.09. The van der Waals surface area contributed by atoms with Gasteiger partial charge in [0.1, 0.15) is 5.82 Å². The van der Waals surface area contributed by atoms with Gasteiger partial charge in [0, 0.05) is 0 Å². The summed E-state index contributed by atoms with van der Waals surface area (Å²) in [5, 5.41) is 9.48. The smallest absolute Gasteiger partial charge is 0.339 e. The predicted octanol–water partition coefficient (Wildman–Crippen LogP) is 1.00. The second kappa shape index (κ2) is 4.75. The van der Waals surface area contributed by atoms with E-state index in [9.17, 15) is 14.3 Å². The number of carbonyl (C=O) groups excluding carboxylic acids is 1. The lowest BCUT2D eigenvalue weighted by Gasteiger charge is -2.10. The molecule has 5 heteroatoms. The van der Waals surface area contributed by atoms with Gasteiger partial charge in [0.2, 0.25) is 0 Å². The van der Waals surface area contributed by atoms with E-state index in [1.807, 2.05) is 0 Å². The van der Waals surface area contributed by atoms with Crippen LogP contribution in [-0.2, 0) is 9.53 Å². The van der Waals surface area contributed by atoms with Crippen LogP contribution in [0.4, 0.5) is 10.1 Å². The van der Waals surface area contributed by atoms with Crippen LogP contribution < -0.4 is 5.73 Å². The average Bonchev–Trinajstić information content (AvgIpc) is 2.21. The van der Waals surface area contributed by atoms with Crippen molar-refractivity contribution in [3.63, 3.8) is 0 Å². The maximum absolute atomic E-state index is 12.8. The Bertz CT molecular complexity index is 368. The fraction of sp³-hybridized carbons (Fsp3) is 0.300. The number of aliphatic hydroxyl groups excluding tert-OH is 1. The van der Waals surface area contributed by atoms with E-state index in [-0.39, 0.29) is 17.9 Å². The molecule has 0 saturated heterocycles. The molecule has 1 rings (SSSR count). The van der Waals surface area contributed by atoms with Gasteiger partial charge in [0.15, 0.2) is 6.10 Å². The van der Waals surface area contributed by atoms with Crippen molar-refractivity contribution < 1.29 is 19.0 Å². The van der Waals surface area contributed by atoms with E-state index < -0.39 is 17.9 Å². The van der Waals surface area contributed by atoms with E-state index in [0.717, 1.165) is 6.07 Å². The van der Waals surface area contributed by atoms with Crippen molar-refractivity contribution in [3.8, 4) is 0 Å². The molecule has 0 amide bonds. The first-order chi connectivity index (χ1) is 7.06. The molecule has 4 nitrogen and oxygen atoms in total. The summed E-state index contributed by atoms with van der Waals surface area (Å²) in [4.78, 5) is 11.1. The molecule has 0 radical (unpaired) electrons. The molecule has 15 heavy (non-hydrogen) atoms. The highest BCUT2D eigenvalue weighted by atomic mass is 19.1. The lowest BCUT2D eigenvalue weighted by molar-refractivity contribution is -0.153. The molecule has 0 aliphatic carbocycles. The van der Waals surface area contributed by atoms with Crippen molar-refractivity contribution in [2.24, 2.45) is 0 Å². The van der Waals surface area contributed by atoms with Crippen LogP contribution in [0.25, 0.3) is 0 Å². The summed E-state index contributed by atoms with van der Waals surface area (Å²) in [6, 6.07) is 3.58. The minimum absolute atomic E-state index is 0.115. The predicted molar refractivity (Wildman–Crippen MR) is 52.4 cm³/mol. The lowest BCUT2D eigenvalue weighted by atomic mass is 10.1. The second-order valence-corrected chi connectivity index (χ2v) is 2.94. The number of esters is 1. The maximum atomic E-state index is 12.8. The molecular weight excluding hydrogens is 201 g/mol. The van der Waals surface area contributed by atoms with Gasteiger partial charge in [-0.3, -0.25) is 0 Å². The first-order valence-electron chi connectivity index (χ1n) is 4.46. The molecule has 1 unspecified atom stereocenters. The van der Waals surface area contributed by atoms with Gasteiger partial charge in [-0.15, -0.1) is 0 Å². The Kier molecular flexibility index (Phi) is 3.62. The summed E-state index contributed by atoms with van der Waals surface area (Å²) in [5.74, 6) is -1.36. The average molecular weight is 213 g/mol. The molecule has 0 spiro atoms. The van der Waals surface area contributed by atoms with Crippen molar-refractivity contribution >= 4 is 11.7 Å². The van der Waals surface area contributed by atoms with E-state index in [2.05, 4.69) is 4.74 Å². The Morgan fingerprint density at radius 1 is 1.67 bits per heavy atom. The Hall–Kier alpha value is -1.62. The van der Waals surface area contributed by atoms with Crippen LogP contribution in [0, 0.1) is 5.82 Å². The van der Waals surface area contributed by atoms with Crippen LogP contribution in [0.3, 0.4) is 0 Å². The number of ether oxygens (including phenoxy) is 1. The first-order valence-corrected chi connectivity index (χ1v) is 4.46. The zero-order valence-electron chi connectivity index (χ0n) is 8.24. The van der Waals surface area contributed by atoms with Crippen LogP contribution in [0.5, 0.6) is 0 Å². The summed E-state index contributed by atoms with van der Waals surface area (Å²) in [6.07, 6.45) is -1.42. The number of carbonyl (C=O) groups is 1. The molecule has 0 aromatic heterocycles. The monoisotopic (exact) mass is 213 g/mol. The molecule has 0 fully saturated rings. The third-order valence-corrected chi connectivity index (χ3v) is 1.85. The van der Waals surface area contributed by atoms with Gasteiger partial charge in [0.25, 0.3) is 0 Å². The largest absolute Gasteiger partial charge is 0.464 e. The Balaban J connectivity index is 2.86. The molecule has 0 bridgehead atoms. The minimum Gasteiger partial charge on any atom is -0.464 e. The van der Waals surface area contributed by atoms with E-state index in [1.54, 1.807) is 6.92 Å². The maximum Gasteiger partial charge on any atom is 0.339 e. The SMILES string of the molecule is CCOC(=O)C(O)c1ccc(F)c(N)c1. The number of hydrogen-bond donors (Lipinski definition) is 2. The molecule has 1 aromatic rings. The Morgan fingerprint density at radius 2 is 2.33 bits per heavy atom. The summed E-state index contributed by atoms with van der Waals surface area (Å²) < 4.78 is 17.4. The molecule has 0 saturated carbocycles. The van der Waals surface area contributed by atoms with Gasteiger partial charge in [0.05, 0.1) is 12.3 Å². The highest BCUT2D eigenvalue weighted by Gasteiger charge is 2.19. The third kappa shape index (κ3) is 2.66. The standard InChI is InChI=1S/C10H12FNO3/c1-2-15-10(14)9(13)6-3-4-7(11)8(12)5-6/h3-5,9,13H,2,12H2,1H3. The normalized spacial score (nSPS) is 12.2. The number of benzene rings is 1.